The molecule has 4 amide bonds. The van der Waals surface area contributed by atoms with E-state index in [1.54, 1.807) is 11.8 Å². The van der Waals surface area contributed by atoms with Gasteiger partial charge in [-0.15, -0.1) is 0 Å². The summed E-state index contributed by atoms with van der Waals surface area (Å²) in [5, 5.41) is 5.31. The number of aromatic nitrogens is 4. The van der Waals surface area contributed by atoms with E-state index < -0.39 is 24.3 Å². The van der Waals surface area contributed by atoms with Crippen molar-refractivity contribution in [2.75, 3.05) is 27.3 Å². The number of aromatic amines is 2. The third kappa shape index (κ3) is 7.55. The maximum absolute atomic E-state index is 13.6. The molecule has 4 heterocycles. The zero-order valence-electron chi connectivity index (χ0n) is 32.3. The topological polar surface area (TPSA) is 175 Å². The Hall–Kier alpha value is -6.18. The van der Waals surface area contributed by atoms with Crippen molar-refractivity contribution in [3.05, 3.63) is 84.5 Å². The molecule has 0 spiro atoms. The first-order chi connectivity index (χ1) is 26.9. The summed E-state index contributed by atoms with van der Waals surface area (Å²) in [4.78, 5) is 71.4. The summed E-state index contributed by atoms with van der Waals surface area (Å²) >= 11 is 0. The zero-order chi connectivity index (χ0) is 39.7. The van der Waals surface area contributed by atoms with Crippen molar-refractivity contribution in [1.82, 2.24) is 40.4 Å². The number of hydrogen-bond donors (Lipinski definition) is 4. The van der Waals surface area contributed by atoms with E-state index in [1.165, 1.54) is 14.2 Å². The predicted octanol–water partition coefficient (Wildman–Crippen LogP) is 6.78. The molecule has 7 rings (SSSR count). The maximum atomic E-state index is 13.6. The molecule has 14 heteroatoms. The number of ether oxygens (including phenoxy) is 2. The molecule has 4 N–H and O–H groups in total. The second-order valence-corrected chi connectivity index (χ2v) is 14.9. The fourth-order valence-corrected chi connectivity index (χ4v) is 7.83. The SMILES string of the molecule is C=C(C)C(NC(=O)OC)C(=O)N1CCCC1c1nc2ccc(-c3ccc(-c4ccc5nc(C6CCCN6C(=O)C(NC(=O)OC)C(C)C)[nH]c5c4)cc3)cc2[nH]1. The van der Waals surface area contributed by atoms with Gasteiger partial charge in [-0.3, -0.25) is 9.59 Å². The van der Waals surface area contributed by atoms with Gasteiger partial charge >= 0.3 is 12.2 Å². The van der Waals surface area contributed by atoms with Crippen molar-refractivity contribution in [3.63, 3.8) is 0 Å². The molecule has 2 aliphatic heterocycles. The smallest absolute Gasteiger partial charge is 0.407 e. The minimum Gasteiger partial charge on any atom is -0.453 e. The third-order valence-electron chi connectivity index (χ3n) is 10.8. The first-order valence-electron chi connectivity index (χ1n) is 19.0. The lowest BCUT2D eigenvalue weighted by atomic mass is 10.00. The molecule has 3 aromatic carbocycles. The Kier molecular flexibility index (Phi) is 10.8. The molecule has 0 radical (unpaired) electrons. The van der Waals surface area contributed by atoms with Gasteiger partial charge in [0.25, 0.3) is 0 Å². The molecule has 4 atom stereocenters. The lowest BCUT2D eigenvalue weighted by Gasteiger charge is -2.29. The largest absolute Gasteiger partial charge is 0.453 e. The Morgan fingerprint density at radius 1 is 0.714 bits per heavy atom. The van der Waals surface area contributed by atoms with Crippen molar-refractivity contribution in [3.8, 4) is 22.3 Å². The highest BCUT2D eigenvalue weighted by Gasteiger charge is 2.38. The van der Waals surface area contributed by atoms with E-state index in [2.05, 4.69) is 63.6 Å². The summed E-state index contributed by atoms with van der Waals surface area (Å²) < 4.78 is 9.50. The van der Waals surface area contributed by atoms with Gasteiger partial charge in [0.1, 0.15) is 23.7 Å². The van der Waals surface area contributed by atoms with Crippen LogP contribution in [-0.4, -0.2) is 93.1 Å². The average Bonchev–Trinajstić information content (AvgIpc) is 4.03. The fraction of sp³-hybridized carbons (Fsp3) is 0.381. The number of carbonyl (C=O) groups is 4. The number of H-pyrrole nitrogens is 2. The number of benzene rings is 3. The Bertz CT molecular complexity index is 2300. The lowest BCUT2D eigenvalue weighted by molar-refractivity contribution is -0.135. The standard InChI is InChI=1S/C42H48N8O6/c1-23(2)35(47-41(53)55-5)39(51)49-19-7-9-33(49)37-43-29-17-15-27(21-31(29)45-37)25-11-13-26(14-12-25)28-16-18-30-32(22-28)46-38(44-30)34-10-8-20-50(34)40(52)36(24(3)4)48-42(54)56-6/h11-18,21-22,24,33-36H,1,7-10,19-20H2,2-6H3,(H,43,45)(H,44,46)(H,47,53)(H,48,54). The van der Waals surface area contributed by atoms with Crippen LogP contribution in [0.15, 0.2) is 72.8 Å². The van der Waals surface area contributed by atoms with Crippen molar-refractivity contribution in [2.24, 2.45) is 5.92 Å². The van der Waals surface area contributed by atoms with Gasteiger partial charge in [0, 0.05) is 13.1 Å². The van der Waals surface area contributed by atoms with Gasteiger partial charge in [0.15, 0.2) is 0 Å². The second-order valence-electron chi connectivity index (χ2n) is 14.9. The van der Waals surface area contributed by atoms with Gasteiger partial charge in [-0.05, 0) is 90.6 Å². The Morgan fingerprint density at radius 3 is 1.61 bits per heavy atom. The molecular formula is C42H48N8O6. The summed E-state index contributed by atoms with van der Waals surface area (Å²) in [6.45, 7) is 10.6. The maximum Gasteiger partial charge on any atom is 0.407 e. The molecule has 5 aromatic rings. The minimum atomic E-state index is -0.886. The summed E-state index contributed by atoms with van der Waals surface area (Å²) in [5.74, 6) is 0.946. The number of imidazole rings is 2. The quantitative estimate of drug-likeness (QED) is 0.113. The van der Waals surface area contributed by atoms with Crippen molar-refractivity contribution >= 4 is 46.1 Å². The highest BCUT2D eigenvalue weighted by atomic mass is 16.5. The van der Waals surface area contributed by atoms with Crippen LogP contribution in [0.1, 0.15) is 70.2 Å². The first kappa shape index (κ1) is 38.1. The third-order valence-corrected chi connectivity index (χ3v) is 10.8. The van der Waals surface area contributed by atoms with Crippen LogP contribution < -0.4 is 10.6 Å². The lowest BCUT2D eigenvalue weighted by Crippen LogP contribution is -2.51. The molecule has 2 fully saturated rings. The molecule has 14 nitrogen and oxygen atoms in total. The summed E-state index contributed by atoms with van der Waals surface area (Å²) in [5.41, 5.74) is 8.03. The van der Waals surface area contributed by atoms with Gasteiger partial charge in [0.05, 0.1) is 48.4 Å². The van der Waals surface area contributed by atoms with E-state index in [0.29, 0.717) is 24.5 Å². The number of nitrogens with one attached hydrogen (secondary N) is 4. The predicted molar refractivity (Wildman–Crippen MR) is 212 cm³/mol. The Morgan fingerprint density at radius 2 is 1.16 bits per heavy atom. The Labute approximate surface area is 325 Å². The van der Waals surface area contributed by atoms with E-state index in [9.17, 15) is 19.2 Å². The minimum absolute atomic E-state index is 0.110. The fourth-order valence-electron chi connectivity index (χ4n) is 7.83. The molecule has 2 saturated heterocycles. The average molecular weight is 761 g/mol. The number of methoxy groups -OCH3 is 2. The normalized spacial score (nSPS) is 18.0. The van der Waals surface area contributed by atoms with Crippen LogP contribution in [0, 0.1) is 5.92 Å². The first-order valence-corrected chi connectivity index (χ1v) is 19.0. The summed E-state index contributed by atoms with van der Waals surface area (Å²) in [6.07, 6.45) is 1.88. The molecule has 292 valence electrons. The van der Waals surface area contributed by atoms with Crippen LogP contribution in [0.25, 0.3) is 44.3 Å². The second kappa shape index (κ2) is 15.9. The number of likely N-dealkylation sites (tertiary alicyclic amines) is 2. The zero-order valence-corrected chi connectivity index (χ0v) is 32.3. The van der Waals surface area contributed by atoms with Crippen molar-refractivity contribution in [2.45, 2.75) is 70.6 Å². The highest BCUT2D eigenvalue weighted by Crippen LogP contribution is 2.36. The molecule has 4 unspecified atom stereocenters. The molecule has 2 aliphatic rings. The Balaban J connectivity index is 1.07. The van der Waals surface area contributed by atoms with Crippen LogP contribution in [0.4, 0.5) is 9.59 Å². The monoisotopic (exact) mass is 760 g/mol. The van der Waals surface area contributed by atoms with Crippen molar-refractivity contribution < 1.29 is 28.7 Å². The van der Waals surface area contributed by atoms with E-state index >= 15 is 0 Å². The van der Waals surface area contributed by atoms with Crippen LogP contribution >= 0.6 is 0 Å². The summed E-state index contributed by atoms with van der Waals surface area (Å²) in [6, 6.07) is 18.5. The molecule has 0 bridgehead atoms. The molecular weight excluding hydrogens is 713 g/mol. The number of rotatable bonds is 10. The van der Waals surface area contributed by atoms with E-state index in [-0.39, 0.29) is 29.8 Å². The number of amides is 4. The molecule has 0 saturated carbocycles. The van der Waals surface area contributed by atoms with Crippen LogP contribution in [0.3, 0.4) is 0 Å². The molecule has 0 aliphatic carbocycles. The van der Waals surface area contributed by atoms with Crippen LogP contribution in [-0.2, 0) is 19.1 Å². The molecule has 56 heavy (non-hydrogen) atoms. The van der Waals surface area contributed by atoms with Gasteiger partial charge in [0.2, 0.25) is 11.8 Å². The van der Waals surface area contributed by atoms with Crippen LogP contribution in [0.2, 0.25) is 0 Å². The summed E-state index contributed by atoms with van der Waals surface area (Å²) in [7, 11) is 2.55. The number of hydrogen-bond acceptors (Lipinski definition) is 8. The van der Waals surface area contributed by atoms with E-state index in [0.717, 1.165) is 75.8 Å². The number of carbonyl (C=O) groups excluding carboxylic acids is 4. The number of fused-ring (bicyclic) bond motifs is 2. The van der Waals surface area contributed by atoms with Crippen LogP contribution in [0.5, 0.6) is 0 Å². The van der Waals surface area contributed by atoms with Gasteiger partial charge < -0.3 is 39.9 Å². The van der Waals surface area contributed by atoms with Gasteiger partial charge in [-0.1, -0.05) is 56.8 Å². The van der Waals surface area contributed by atoms with Crippen molar-refractivity contribution in [1.29, 1.82) is 0 Å². The van der Waals surface area contributed by atoms with E-state index in [1.807, 2.05) is 43.0 Å². The van der Waals surface area contributed by atoms with Gasteiger partial charge in [-0.25, -0.2) is 19.6 Å². The molecule has 2 aromatic heterocycles. The highest BCUT2D eigenvalue weighted by molar-refractivity contribution is 5.90. The number of alkyl carbamates (subject to hydrolysis) is 2. The van der Waals surface area contributed by atoms with E-state index in [4.69, 9.17) is 19.4 Å². The van der Waals surface area contributed by atoms with Gasteiger partial charge in [-0.2, -0.15) is 0 Å². The number of nitrogens with zero attached hydrogens (tertiary/aromatic N) is 4.